The molecule has 0 radical (unpaired) electrons. The zero-order chi connectivity index (χ0) is 10.6. The highest BCUT2D eigenvalue weighted by Crippen LogP contribution is 2.03. The first-order valence-electron chi connectivity index (χ1n) is 4.63. The Hall–Kier alpha value is -1.46. The second-order valence-electron chi connectivity index (χ2n) is 3.27. The first-order valence-corrected chi connectivity index (χ1v) is 4.63. The maximum atomic E-state index is 10.6. The number of aliphatic carboxylic acids is 1. The third-order valence-corrected chi connectivity index (χ3v) is 1.95. The fourth-order valence-electron chi connectivity index (χ4n) is 1.11. The Kier molecular flexibility index (Phi) is 3.55. The van der Waals surface area contributed by atoms with Crippen LogP contribution in [0.25, 0.3) is 0 Å². The standard InChI is InChI=1S/C8H14N4O2/c1-3-4-7-9-10-11-12(7)5-6(2)8(13)14/h6H,3-5H2,1-2H3,(H,13,14). The average molecular weight is 198 g/mol. The summed E-state index contributed by atoms with van der Waals surface area (Å²) in [5, 5.41) is 19.8. The van der Waals surface area contributed by atoms with Crippen molar-refractivity contribution in [2.45, 2.75) is 33.2 Å². The largest absolute Gasteiger partial charge is 0.481 e. The van der Waals surface area contributed by atoms with Gasteiger partial charge in [-0.05, 0) is 16.8 Å². The number of hydrogen-bond donors (Lipinski definition) is 1. The monoisotopic (exact) mass is 198 g/mol. The minimum atomic E-state index is -0.831. The Balaban J connectivity index is 2.66. The second kappa shape index (κ2) is 4.69. The normalized spacial score (nSPS) is 12.7. The van der Waals surface area contributed by atoms with Crippen molar-refractivity contribution < 1.29 is 9.90 Å². The van der Waals surface area contributed by atoms with E-state index in [0.29, 0.717) is 6.54 Å². The van der Waals surface area contributed by atoms with Crippen molar-refractivity contribution in [3.63, 3.8) is 0 Å². The molecule has 1 aromatic rings. The molecule has 0 saturated heterocycles. The summed E-state index contributed by atoms with van der Waals surface area (Å²) in [5.74, 6) is -0.544. The van der Waals surface area contributed by atoms with Gasteiger partial charge in [0.25, 0.3) is 0 Å². The van der Waals surface area contributed by atoms with E-state index in [4.69, 9.17) is 5.11 Å². The average Bonchev–Trinajstić information content (AvgIpc) is 2.53. The molecule has 1 N–H and O–H groups in total. The van der Waals surface area contributed by atoms with E-state index in [9.17, 15) is 4.79 Å². The molecule has 0 saturated carbocycles. The van der Waals surface area contributed by atoms with Crippen molar-refractivity contribution >= 4 is 5.97 Å². The fourth-order valence-corrected chi connectivity index (χ4v) is 1.11. The van der Waals surface area contributed by atoms with E-state index in [2.05, 4.69) is 15.5 Å². The van der Waals surface area contributed by atoms with E-state index in [0.717, 1.165) is 18.7 Å². The molecule has 1 rings (SSSR count). The van der Waals surface area contributed by atoms with E-state index in [1.807, 2.05) is 6.92 Å². The van der Waals surface area contributed by atoms with E-state index in [1.54, 1.807) is 11.6 Å². The molecule has 0 amide bonds. The summed E-state index contributed by atoms with van der Waals surface area (Å²) >= 11 is 0. The number of carboxylic acid groups (broad SMARTS) is 1. The molecule has 1 atom stereocenters. The number of carbonyl (C=O) groups is 1. The fraction of sp³-hybridized carbons (Fsp3) is 0.750. The van der Waals surface area contributed by atoms with Crippen LogP contribution in [0.1, 0.15) is 26.1 Å². The number of rotatable bonds is 5. The zero-order valence-electron chi connectivity index (χ0n) is 8.34. The lowest BCUT2D eigenvalue weighted by molar-refractivity contribution is -0.141. The van der Waals surface area contributed by atoms with Crippen molar-refractivity contribution in [1.29, 1.82) is 0 Å². The molecule has 0 aliphatic rings. The molecule has 0 aromatic carbocycles. The number of nitrogens with zero attached hydrogens (tertiary/aromatic N) is 4. The van der Waals surface area contributed by atoms with Crippen molar-refractivity contribution in [2.75, 3.05) is 0 Å². The molecule has 0 bridgehead atoms. The number of carboxylic acids is 1. The summed E-state index contributed by atoms with van der Waals surface area (Å²) in [7, 11) is 0. The highest BCUT2D eigenvalue weighted by molar-refractivity contribution is 5.69. The van der Waals surface area contributed by atoms with Crippen LogP contribution < -0.4 is 0 Å². The van der Waals surface area contributed by atoms with Crippen molar-refractivity contribution in [2.24, 2.45) is 5.92 Å². The quantitative estimate of drug-likeness (QED) is 0.738. The third kappa shape index (κ3) is 2.51. The van der Waals surface area contributed by atoms with Gasteiger partial charge in [-0.15, -0.1) is 5.10 Å². The van der Waals surface area contributed by atoms with Gasteiger partial charge in [-0.2, -0.15) is 0 Å². The molecule has 6 nitrogen and oxygen atoms in total. The summed E-state index contributed by atoms with van der Waals surface area (Å²) in [4.78, 5) is 10.6. The lowest BCUT2D eigenvalue weighted by atomic mass is 10.2. The Labute approximate surface area is 81.9 Å². The second-order valence-corrected chi connectivity index (χ2v) is 3.27. The molecule has 1 unspecified atom stereocenters. The molecule has 0 fully saturated rings. The van der Waals surface area contributed by atoms with Gasteiger partial charge in [0.2, 0.25) is 0 Å². The Morgan fingerprint density at radius 2 is 2.36 bits per heavy atom. The lowest BCUT2D eigenvalue weighted by Crippen LogP contribution is -2.19. The molecular formula is C8H14N4O2. The lowest BCUT2D eigenvalue weighted by Gasteiger charge is -2.06. The van der Waals surface area contributed by atoms with Gasteiger partial charge in [0.05, 0.1) is 12.5 Å². The SMILES string of the molecule is CCCc1nnnn1CC(C)C(=O)O. The van der Waals surface area contributed by atoms with Crippen molar-refractivity contribution in [3.8, 4) is 0 Å². The Morgan fingerprint density at radius 1 is 1.64 bits per heavy atom. The summed E-state index contributed by atoms with van der Waals surface area (Å²) < 4.78 is 1.56. The van der Waals surface area contributed by atoms with Gasteiger partial charge < -0.3 is 5.11 Å². The van der Waals surface area contributed by atoms with Crippen molar-refractivity contribution in [3.05, 3.63) is 5.82 Å². The minimum absolute atomic E-state index is 0.331. The molecule has 14 heavy (non-hydrogen) atoms. The molecule has 0 aliphatic heterocycles. The summed E-state index contributed by atoms with van der Waals surface area (Å²) in [6.45, 7) is 4.00. The zero-order valence-corrected chi connectivity index (χ0v) is 8.34. The van der Waals surface area contributed by atoms with Gasteiger partial charge in [0.1, 0.15) is 0 Å². The highest BCUT2D eigenvalue weighted by atomic mass is 16.4. The molecule has 1 heterocycles. The van der Waals surface area contributed by atoms with Crippen LogP contribution in [0.15, 0.2) is 0 Å². The molecule has 1 aromatic heterocycles. The van der Waals surface area contributed by atoms with Gasteiger partial charge >= 0.3 is 5.97 Å². The Morgan fingerprint density at radius 3 is 2.93 bits per heavy atom. The van der Waals surface area contributed by atoms with E-state index >= 15 is 0 Å². The third-order valence-electron chi connectivity index (χ3n) is 1.95. The smallest absolute Gasteiger partial charge is 0.308 e. The van der Waals surface area contributed by atoms with Crippen LogP contribution in [0, 0.1) is 5.92 Å². The van der Waals surface area contributed by atoms with Gasteiger partial charge in [-0.3, -0.25) is 4.79 Å². The molecular weight excluding hydrogens is 184 g/mol. The number of aromatic nitrogens is 4. The summed E-state index contributed by atoms with van der Waals surface area (Å²) in [6, 6.07) is 0. The minimum Gasteiger partial charge on any atom is -0.481 e. The van der Waals surface area contributed by atoms with Crippen LogP contribution in [0.5, 0.6) is 0 Å². The van der Waals surface area contributed by atoms with Crippen LogP contribution in [0.4, 0.5) is 0 Å². The van der Waals surface area contributed by atoms with Gasteiger partial charge in [-0.25, -0.2) is 4.68 Å². The molecule has 6 heteroatoms. The predicted octanol–water partition coefficient (Wildman–Crippen LogP) is 0.346. The molecule has 0 aliphatic carbocycles. The maximum absolute atomic E-state index is 10.6. The maximum Gasteiger partial charge on any atom is 0.308 e. The first kappa shape index (κ1) is 10.6. The van der Waals surface area contributed by atoms with Crippen molar-refractivity contribution in [1.82, 2.24) is 20.2 Å². The van der Waals surface area contributed by atoms with Crippen LogP contribution in [0.2, 0.25) is 0 Å². The summed E-state index contributed by atoms with van der Waals surface area (Å²) in [5.41, 5.74) is 0. The van der Waals surface area contributed by atoms with Crippen LogP contribution in [-0.2, 0) is 17.8 Å². The molecule has 0 spiro atoms. The Bertz CT molecular complexity index is 310. The van der Waals surface area contributed by atoms with E-state index in [-0.39, 0.29) is 0 Å². The van der Waals surface area contributed by atoms with Crippen LogP contribution >= 0.6 is 0 Å². The molecule has 78 valence electrons. The van der Waals surface area contributed by atoms with E-state index in [1.165, 1.54) is 0 Å². The number of aryl methyl sites for hydroxylation is 1. The van der Waals surface area contributed by atoms with E-state index < -0.39 is 11.9 Å². The van der Waals surface area contributed by atoms with Gasteiger partial charge in [0, 0.05) is 6.42 Å². The first-order chi connectivity index (χ1) is 6.65. The van der Waals surface area contributed by atoms with Crippen LogP contribution in [-0.4, -0.2) is 31.3 Å². The topological polar surface area (TPSA) is 80.9 Å². The van der Waals surface area contributed by atoms with Gasteiger partial charge in [0.15, 0.2) is 5.82 Å². The summed E-state index contributed by atoms with van der Waals surface area (Å²) in [6.07, 6.45) is 1.72. The van der Waals surface area contributed by atoms with Crippen LogP contribution in [0.3, 0.4) is 0 Å². The number of hydrogen-bond acceptors (Lipinski definition) is 4. The predicted molar refractivity (Wildman–Crippen MR) is 48.6 cm³/mol. The highest BCUT2D eigenvalue weighted by Gasteiger charge is 2.14. The number of tetrazole rings is 1. The van der Waals surface area contributed by atoms with Gasteiger partial charge in [-0.1, -0.05) is 13.8 Å².